The van der Waals surface area contributed by atoms with Crippen LogP contribution in [0, 0.1) is 0 Å². The van der Waals surface area contributed by atoms with Gasteiger partial charge in [-0.2, -0.15) is 11.8 Å². The first-order valence-corrected chi connectivity index (χ1v) is 7.88. The Morgan fingerprint density at radius 1 is 1.56 bits per heavy atom. The van der Waals surface area contributed by atoms with Crippen LogP contribution in [-0.4, -0.2) is 53.8 Å². The Hall–Kier alpha value is -0.420. The lowest BCUT2D eigenvalue weighted by atomic mass is 10.1. The van der Waals surface area contributed by atoms with Crippen molar-refractivity contribution in [3.8, 4) is 0 Å². The number of hydrogen-bond donors (Lipinski definition) is 1. The minimum absolute atomic E-state index is 0.0414. The second kappa shape index (κ2) is 7.24. The molecule has 1 fully saturated rings. The Bertz CT molecular complexity index is 272. The summed E-state index contributed by atoms with van der Waals surface area (Å²) in [6.45, 7) is 10.3. The fourth-order valence-corrected chi connectivity index (χ4v) is 2.87. The predicted octanol–water partition coefficient (Wildman–Crippen LogP) is 2.34. The minimum atomic E-state index is -0.243. The van der Waals surface area contributed by atoms with Crippen LogP contribution in [0.3, 0.4) is 0 Å². The molecule has 5 heteroatoms. The number of nitrogens with zero attached hydrogens (tertiary/aromatic N) is 1. The molecule has 1 heterocycles. The van der Waals surface area contributed by atoms with Crippen molar-refractivity contribution >= 4 is 17.8 Å². The zero-order valence-electron chi connectivity index (χ0n) is 12.0. The molecule has 1 aliphatic rings. The largest absolute Gasteiger partial charge is 0.369 e. The molecular formula is C13H26N2O2S. The molecule has 0 saturated carbocycles. The van der Waals surface area contributed by atoms with Crippen molar-refractivity contribution < 1.29 is 9.53 Å². The van der Waals surface area contributed by atoms with Gasteiger partial charge in [0.1, 0.15) is 0 Å². The third-order valence-corrected chi connectivity index (χ3v) is 3.79. The van der Waals surface area contributed by atoms with E-state index in [2.05, 4.69) is 12.2 Å². The summed E-state index contributed by atoms with van der Waals surface area (Å²) < 4.78 is 5.79. The van der Waals surface area contributed by atoms with Crippen LogP contribution in [-0.2, 0) is 4.74 Å². The van der Waals surface area contributed by atoms with Crippen LogP contribution in [0.5, 0.6) is 0 Å². The standard InChI is InChI=1S/C13H26N2O2S/c1-5-18-8-6-7-14-12(16)15-9-11(2)17-13(3,4)10-15/h11H,5-10H2,1-4H3,(H,14,16). The fourth-order valence-electron chi connectivity index (χ4n) is 2.23. The lowest BCUT2D eigenvalue weighted by Crippen LogP contribution is -2.56. The van der Waals surface area contributed by atoms with Crippen molar-refractivity contribution in [1.82, 2.24) is 10.2 Å². The Morgan fingerprint density at radius 3 is 2.89 bits per heavy atom. The van der Waals surface area contributed by atoms with Gasteiger partial charge in [0, 0.05) is 13.1 Å². The van der Waals surface area contributed by atoms with Gasteiger partial charge in [-0.3, -0.25) is 0 Å². The SMILES string of the molecule is CCSCCCNC(=O)N1CC(C)OC(C)(C)C1. The topological polar surface area (TPSA) is 41.6 Å². The number of amides is 2. The average Bonchev–Trinajstić information content (AvgIpc) is 2.25. The highest BCUT2D eigenvalue weighted by Gasteiger charge is 2.33. The number of ether oxygens (including phenoxy) is 1. The van der Waals surface area contributed by atoms with E-state index in [1.165, 1.54) is 0 Å². The first kappa shape index (κ1) is 15.6. The van der Waals surface area contributed by atoms with E-state index in [1.54, 1.807) is 0 Å². The molecule has 1 rings (SSSR count). The Balaban J connectivity index is 2.28. The number of rotatable bonds is 5. The summed E-state index contributed by atoms with van der Waals surface area (Å²) in [4.78, 5) is 13.9. The van der Waals surface area contributed by atoms with Crippen molar-refractivity contribution in [2.75, 3.05) is 31.1 Å². The average molecular weight is 274 g/mol. The molecule has 0 aliphatic carbocycles. The quantitative estimate of drug-likeness (QED) is 0.782. The molecule has 1 atom stereocenters. The number of carbonyl (C=O) groups excluding carboxylic acids is 1. The van der Waals surface area contributed by atoms with E-state index in [9.17, 15) is 4.79 Å². The molecule has 1 N–H and O–H groups in total. The summed E-state index contributed by atoms with van der Waals surface area (Å²) in [6.07, 6.45) is 1.14. The molecule has 0 aromatic rings. The second-order valence-electron chi connectivity index (χ2n) is 5.35. The molecule has 0 aromatic carbocycles. The van der Waals surface area contributed by atoms with Crippen molar-refractivity contribution in [3.05, 3.63) is 0 Å². The van der Waals surface area contributed by atoms with Crippen LogP contribution in [0.2, 0.25) is 0 Å². The summed E-state index contributed by atoms with van der Waals surface area (Å²) in [5, 5.41) is 2.99. The van der Waals surface area contributed by atoms with Crippen molar-refractivity contribution in [3.63, 3.8) is 0 Å². The lowest BCUT2D eigenvalue weighted by Gasteiger charge is -2.41. The van der Waals surface area contributed by atoms with E-state index in [0.29, 0.717) is 13.1 Å². The van der Waals surface area contributed by atoms with Crippen molar-refractivity contribution in [1.29, 1.82) is 0 Å². The van der Waals surface area contributed by atoms with Gasteiger partial charge in [-0.1, -0.05) is 6.92 Å². The molecule has 1 saturated heterocycles. The third-order valence-electron chi connectivity index (χ3n) is 2.80. The minimum Gasteiger partial charge on any atom is -0.369 e. The first-order valence-electron chi connectivity index (χ1n) is 6.73. The molecule has 0 radical (unpaired) electrons. The van der Waals surface area contributed by atoms with Gasteiger partial charge in [0.2, 0.25) is 0 Å². The highest BCUT2D eigenvalue weighted by Crippen LogP contribution is 2.20. The van der Waals surface area contributed by atoms with Crippen LogP contribution in [0.25, 0.3) is 0 Å². The number of urea groups is 1. The van der Waals surface area contributed by atoms with Crippen molar-refractivity contribution in [2.45, 2.75) is 45.8 Å². The van der Waals surface area contributed by atoms with E-state index < -0.39 is 0 Å². The summed E-state index contributed by atoms with van der Waals surface area (Å²) in [5.41, 5.74) is -0.243. The summed E-state index contributed by atoms with van der Waals surface area (Å²) >= 11 is 1.91. The number of carbonyl (C=O) groups is 1. The number of morpholine rings is 1. The molecule has 0 spiro atoms. The predicted molar refractivity (Wildman–Crippen MR) is 77.2 cm³/mol. The Morgan fingerprint density at radius 2 is 2.28 bits per heavy atom. The second-order valence-corrected chi connectivity index (χ2v) is 6.74. The summed E-state index contributed by atoms with van der Waals surface area (Å²) in [6, 6.07) is 0.0414. The van der Waals surface area contributed by atoms with E-state index in [-0.39, 0.29) is 17.7 Å². The molecule has 0 aromatic heterocycles. The fraction of sp³-hybridized carbons (Fsp3) is 0.923. The monoisotopic (exact) mass is 274 g/mol. The molecule has 4 nitrogen and oxygen atoms in total. The number of hydrogen-bond acceptors (Lipinski definition) is 3. The molecular weight excluding hydrogens is 248 g/mol. The van der Waals surface area contributed by atoms with Gasteiger partial charge >= 0.3 is 6.03 Å². The van der Waals surface area contributed by atoms with Gasteiger partial charge in [-0.25, -0.2) is 4.79 Å². The lowest BCUT2D eigenvalue weighted by molar-refractivity contribution is -0.117. The summed E-state index contributed by atoms with van der Waals surface area (Å²) in [7, 11) is 0. The van der Waals surface area contributed by atoms with E-state index in [1.807, 2.05) is 37.4 Å². The maximum atomic E-state index is 12.0. The van der Waals surface area contributed by atoms with E-state index >= 15 is 0 Å². The van der Waals surface area contributed by atoms with E-state index in [0.717, 1.165) is 24.5 Å². The molecule has 1 unspecified atom stereocenters. The van der Waals surface area contributed by atoms with Crippen LogP contribution in [0.15, 0.2) is 0 Å². The van der Waals surface area contributed by atoms with Crippen LogP contribution in [0.1, 0.15) is 34.1 Å². The van der Waals surface area contributed by atoms with Gasteiger partial charge in [0.15, 0.2) is 0 Å². The normalized spacial score (nSPS) is 22.9. The van der Waals surface area contributed by atoms with Crippen LogP contribution < -0.4 is 5.32 Å². The van der Waals surface area contributed by atoms with Gasteiger partial charge in [-0.15, -0.1) is 0 Å². The Kier molecular flexibility index (Phi) is 6.29. The van der Waals surface area contributed by atoms with Crippen LogP contribution in [0.4, 0.5) is 4.79 Å². The molecule has 0 bridgehead atoms. The summed E-state index contributed by atoms with van der Waals surface area (Å²) in [5.74, 6) is 2.25. The smallest absolute Gasteiger partial charge is 0.317 e. The van der Waals surface area contributed by atoms with Gasteiger partial charge < -0.3 is 15.0 Å². The van der Waals surface area contributed by atoms with Crippen LogP contribution >= 0.6 is 11.8 Å². The highest BCUT2D eigenvalue weighted by atomic mass is 32.2. The first-order chi connectivity index (χ1) is 8.44. The van der Waals surface area contributed by atoms with Gasteiger partial charge in [0.05, 0.1) is 18.2 Å². The number of nitrogens with one attached hydrogen (secondary N) is 1. The Labute approximate surface area is 115 Å². The zero-order chi connectivity index (χ0) is 13.6. The maximum Gasteiger partial charge on any atom is 0.317 e. The number of thioether (sulfide) groups is 1. The highest BCUT2D eigenvalue weighted by molar-refractivity contribution is 7.99. The van der Waals surface area contributed by atoms with E-state index in [4.69, 9.17) is 4.74 Å². The van der Waals surface area contributed by atoms with Gasteiger partial charge in [-0.05, 0) is 38.7 Å². The molecule has 18 heavy (non-hydrogen) atoms. The molecule has 1 aliphatic heterocycles. The zero-order valence-corrected chi connectivity index (χ0v) is 12.8. The van der Waals surface area contributed by atoms with Gasteiger partial charge in [0.25, 0.3) is 0 Å². The molecule has 106 valence electrons. The molecule has 2 amide bonds. The third kappa shape index (κ3) is 5.48. The maximum absolute atomic E-state index is 12.0. The van der Waals surface area contributed by atoms with Crippen molar-refractivity contribution in [2.24, 2.45) is 0 Å².